The lowest BCUT2D eigenvalue weighted by Crippen LogP contribution is -2.35. The normalized spacial score (nSPS) is 12.1. The number of hydrogen-bond donors (Lipinski definition) is 2. The predicted octanol–water partition coefficient (Wildman–Crippen LogP) is 1.67. The number of amides is 1. The van der Waals surface area contributed by atoms with E-state index in [0.717, 1.165) is 5.75 Å². The van der Waals surface area contributed by atoms with E-state index in [2.05, 4.69) is 5.32 Å². The van der Waals surface area contributed by atoms with E-state index in [-0.39, 0.29) is 18.6 Å². The van der Waals surface area contributed by atoms with E-state index in [4.69, 9.17) is 5.11 Å². The first-order chi connectivity index (χ1) is 7.72. The molecule has 0 saturated carbocycles. The molecule has 0 heterocycles. The van der Waals surface area contributed by atoms with Crippen molar-refractivity contribution in [2.45, 2.75) is 24.3 Å². The summed E-state index contributed by atoms with van der Waals surface area (Å²) >= 11 is 1.66. The highest BCUT2D eigenvalue weighted by Gasteiger charge is 2.05. The fourth-order valence-corrected chi connectivity index (χ4v) is 2.04. The number of thioether (sulfide) groups is 1. The number of nitrogens with one attached hydrogen (secondary N) is 1. The maximum absolute atomic E-state index is 11.4. The molecule has 0 aliphatic rings. The molecule has 1 rings (SSSR count). The lowest BCUT2D eigenvalue weighted by Gasteiger charge is -2.10. The van der Waals surface area contributed by atoms with Gasteiger partial charge in [0.25, 0.3) is 0 Å². The summed E-state index contributed by atoms with van der Waals surface area (Å²) in [5, 5.41) is 11.5. The molecule has 0 unspecified atom stereocenters. The first kappa shape index (κ1) is 13.1. The van der Waals surface area contributed by atoms with E-state index >= 15 is 0 Å². The van der Waals surface area contributed by atoms with Crippen LogP contribution >= 0.6 is 11.8 Å². The van der Waals surface area contributed by atoms with Crippen LogP contribution in [0.4, 0.5) is 0 Å². The van der Waals surface area contributed by atoms with Crippen LogP contribution in [0.5, 0.6) is 0 Å². The molecule has 0 bridgehead atoms. The molecule has 4 heteroatoms. The number of hydrogen-bond acceptors (Lipinski definition) is 3. The highest BCUT2D eigenvalue weighted by Crippen LogP contribution is 2.17. The summed E-state index contributed by atoms with van der Waals surface area (Å²) in [4.78, 5) is 12.5. The number of aliphatic hydroxyl groups is 1. The van der Waals surface area contributed by atoms with Crippen LogP contribution in [0.3, 0.4) is 0 Å². The molecule has 0 fully saturated rings. The summed E-state index contributed by atoms with van der Waals surface area (Å²) in [5.74, 6) is 0.749. The smallest absolute Gasteiger partial charge is 0.221 e. The molecule has 3 nitrogen and oxygen atoms in total. The molecule has 0 spiro atoms. The van der Waals surface area contributed by atoms with Crippen LogP contribution in [-0.4, -0.2) is 29.4 Å². The minimum Gasteiger partial charge on any atom is -0.394 e. The van der Waals surface area contributed by atoms with Crippen molar-refractivity contribution >= 4 is 17.7 Å². The van der Waals surface area contributed by atoms with E-state index in [1.807, 2.05) is 30.3 Å². The average molecular weight is 239 g/mol. The van der Waals surface area contributed by atoms with Crippen LogP contribution < -0.4 is 5.32 Å². The van der Waals surface area contributed by atoms with E-state index in [1.54, 1.807) is 18.7 Å². The zero-order valence-corrected chi connectivity index (χ0v) is 10.2. The summed E-state index contributed by atoms with van der Waals surface area (Å²) in [6, 6.07) is 9.83. The van der Waals surface area contributed by atoms with Crippen molar-refractivity contribution in [3.63, 3.8) is 0 Å². The van der Waals surface area contributed by atoms with Gasteiger partial charge in [-0.15, -0.1) is 11.8 Å². The zero-order valence-electron chi connectivity index (χ0n) is 9.35. The molecule has 0 radical (unpaired) electrons. The number of carbonyl (C=O) groups is 1. The highest BCUT2D eigenvalue weighted by molar-refractivity contribution is 7.99. The molecule has 0 aliphatic carbocycles. The van der Waals surface area contributed by atoms with Gasteiger partial charge in [-0.1, -0.05) is 18.2 Å². The van der Waals surface area contributed by atoms with Crippen LogP contribution in [0.1, 0.15) is 13.3 Å². The summed E-state index contributed by atoms with van der Waals surface area (Å²) in [6.45, 7) is 1.76. The molecule has 1 amide bonds. The standard InChI is InChI=1S/C12H17NO2S/c1-10(9-14)13-12(15)7-8-16-11-5-3-2-4-6-11/h2-6,10,14H,7-9H2,1H3,(H,13,15)/t10-/m1/s1. The lowest BCUT2D eigenvalue weighted by molar-refractivity contribution is -0.121. The van der Waals surface area contributed by atoms with Crippen LogP contribution in [-0.2, 0) is 4.79 Å². The Morgan fingerprint density at radius 3 is 2.75 bits per heavy atom. The minimum absolute atomic E-state index is 0.00928. The van der Waals surface area contributed by atoms with Crippen molar-refractivity contribution in [2.75, 3.05) is 12.4 Å². The number of aliphatic hydroxyl groups excluding tert-OH is 1. The maximum atomic E-state index is 11.4. The van der Waals surface area contributed by atoms with Gasteiger partial charge in [-0.05, 0) is 19.1 Å². The fraction of sp³-hybridized carbons (Fsp3) is 0.417. The second kappa shape index (κ2) is 7.30. The van der Waals surface area contributed by atoms with Gasteiger partial charge >= 0.3 is 0 Å². The van der Waals surface area contributed by atoms with Crippen molar-refractivity contribution in [1.29, 1.82) is 0 Å². The Morgan fingerprint density at radius 1 is 1.44 bits per heavy atom. The molecule has 1 aromatic rings. The molecule has 1 atom stereocenters. The molecule has 0 aliphatic heterocycles. The molecule has 0 aromatic heterocycles. The van der Waals surface area contributed by atoms with Crippen molar-refractivity contribution in [2.24, 2.45) is 0 Å². The van der Waals surface area contributed by atoms with Gasteiger partial charge in [-0.2, -0.15) is 0 Å². The Kier molecular flexibility index (Phi) is 5.96. The second-order valence-electron chi connectivity index (χ2n) is 3.56. The van der Waals surface area contributed by atoms with Crippen molar-refractivity contribution in [1.82, 2.24) is 5.32 Å². The quantitative estimate of drug-likeness (QED) is 0.742. The van der Waals surface area contributed by atoms with Gasteiger partial charge < -0.3 is 10.4 Å². The number of carbonyl (C=O) groups excluding carboxylic acids is 1. The fourth-order valence-electron chi connectivity index (χ4n) is 1.17. The van der Waals surface area contributed by atoms with Crippen molar-refractivity contribution in [3.8, 4) is 0 Å². The Bertz CT molecular complexity index is 316. The molecule has 1 aromatic carbocycles. The molecule has 0 saturated heterocycles. The topological polar surface area (TPSA) is 49.3 Å². The van der Waals surface area contributed by atoms with Crippen LogP contribution in [0.25, 0.3) is 0 Å². The zero-order chi connectivity index (χ0) is 11.8. The first-order valence-electron chi connectivity index (χ1n) is 5.30. The third-order valence-electron chi connectivity index (χ3n) is 2.02. The lowest BCUT2D eigenvalue weighted by atomic mass is 10.3. The monoisotopic (exact) mass is 239 g/mol. The summed E-state index contributed by atoms with van der Waals surface area (Å²) in [5.41, 5.74) is 0. The van der Waals surface area contributed by atoms with Crippen LogP contribution in [0.2, 0.25) is 0 Å². The van der Waals surface area contributed by atoms with Crippen molar-refractivity contribution in [3.05, 3.63) is 30.3 Å². The van der Waals surface area contributed by atoms with Gasteiger partial charge in [0, 0.05) is 23.1 Å². The van der Waals surface area contributed by atoms with E-state index in [1.165, 1.54) is 4.90 Å². The largest absolute Gasteiger partial charge is 0.394 e. The van der Waals surface area contributed by atoms with Crippen molar-refractivity contribution < 1.29 is 9.90 Å². The molecular weight excluding hydrogens is 222 g/mol. The summed E-state index contributed by atoms with van der Waals surface area (Å²) < 4.78 is 0. The molecular formula is C12H17NO2S. The van der Waals surface area contributed by atoms with E-state index in [9.17, 15) is 4.79 Å². The summed E-state index contributed by atoms with van der Waals surface area (Å²) in [7, 11) is 0. The van der Waals surface area contributed by atoms with Gasteiger partial charge in [-0.3, -0.25) is 4.79 Å². The molecule has 2 N–H and O–H groups in total. The number of rotatable bonds is 6. The predicted molar refractivity (Wildman–Crippen MR) is 66.5 cm³/mol. The highest BCUT2D eigenvalue weighted by atomic mass is 32.2. The van der Waals surface area contributed by atoms with Gasteiger partial charge in [-0.25, -0.2) is 0 Å². The maximum Gasteiger partial charge on any atom is 0.221 e. The second-order valence-corrected chi connectivity index (χ2v) is 4.73. The first-order valence-corrected chi connectivity index (χ1v) is 6.29. The third-order valence-corrected chi connectivity index (χ3v) is 3.04. The molecule has 16 heavy (non-hydrogen) atoms. The summed E-state index contributed by atoms with van der Waals surface area (Å²) in [6.07, 6.45) is 0.476. The van der Waals surface area contributed by atoms with Crippen LogP contribution in [0.15, 0.2) is 35.2 Å². The minimum atomic E-state index is -0.158. The SMILES string of the molecule is C[C@H](CO)NC(=O)CCSc1ccccc1. The Balaban J connectivity index is 2.18. The van der Waals surface area contributed by atoms with Gasteiger partial charge in [0.05, 0.1) is 6.61 Å². The Morgan fingerprint density at radius 2 is 2.12 bits per heavy atom. The Labute approximate surface area is 100 Å². The van der Waals surface area contributed by atoms with Gasteiger partial charge in [0.15, 0.2) is 0 Å². The average Bonchev–Trinajstić information content (AvgIpc) is 2.30. The van der Waals surface area contributed by atoms with Gasteiger partial charge in [0.1, 0.15) is 0 Å². The van der Waals surface area contributed by atoms with Crippen LogP contribution in [0, 0.1) is 0 Å². The third kappa shape index (κ3) is 5.19. The molecule has 88 valence electrons. The van der Waals surface area contributed by atoms with E-state index in [0.29, 0.717) is 6.42 Å². The van der Waals surface area contributed by atoms with Gasteiger partial charge in [0.2, 0.25) is 5.91 Å². The van der Waals surface area contributed by atoms with E-state index < -0.39 is 0 Å². The number of benzene rings is 1. The Hall–Kier alpha value is -1.00.